The summed E-state index contributed by atoms with van der Waals surface area (Å²) < 4.78 is 43.2. The molecule has 136 valence electrons. The summed E-state index contributed by atoms with van der Waals surface area (Å²) in [5, 5.41) is 9.31. The van der Waals surface area contributed by atoms with Gasteiger partial charge < -0.3 is 9.84 Å². The Morgan fingerprint density at radius 1 is 1.15 bits per heavy atom. The molecule has 6 nitrogen and oxygen atoms in total. The first-order chi connectivity index (χ1) is 12.3. The molecule has 1 saturated heterocycles. The van der Waals surface area contributed by atoms with Crippen molar-refractivity contribution in [3.05, 3.63) is 65.5 Å². The van der Waals surface area contributed by atoms with Gasteiger partial charge >= 0.3 is 18.4 Å². The number of carbonyl (C=O) groups is 2. The molecule has 2 aromatic rings. The van der Waals surface area contributed by atoms with Gasteiger partial charge in [0, 0.05) is 12.4 Å². The zero-order chi connectivity index (χ0) is 18.9. The van der Waals surface area contributed by atoms with Crippen LogP contribution in [0.25, 0.3) is 0 Å². The van der Waals surface area contributed by atoms with Crippen molar-refractivity contribution in [3.63, 3.8) is 0 Å². The maximum absolute atomic E-state index is 12.7. The van der Waals surface area contributed by atoms with Gasteiger partial charge in [-0.25, -0.2) is 14.5 Å². The van der Waals surface area contributed by atoms with Crippen molar-refractivity contribution in [1.29, 1.82) is 0 Å². The lowest BCUT2D eigenvalue weighted by Gasteiger charge is -2.21. The van der Waals surface area contributed by atoms with Gasteiger partial charge in [0.05, 0.1) is 11.6 Å². The SMILES string of the molecule is O=C(O)N1C(=O)OC(c2ccncc2)C1Cc1ccc(C(F)(F)F)cc1. The van der Waals surface area contributed by atoms with E-state index in [1.54, 1.807) is 12.1 Å². The number of benzene rings is 1. The first-order valence-corrected chi connectivity index (χ1v) is 7.56. The Bertz CT molecular complexity index is 809. The smallest absolute Gasteiger partial charge is 0.420 e. The van der Waals surface area contributed by atoms with Gasteiger partial charge in [-0.15, -0.1) is 0 Å². The number of carbonyl (C=O) groups excluding carboxylic acids is 1. The highest BCUT2D eigenvalue weighted by molar-refractivity contribution is 5.89. The fourth-order valence-electron chi connectivity index (χ4n) is 2.85. The van der Waals surface area contributed by atoms with Gasteiger partial charge in [0.15, 0.2) is 6.10 Å². The Balaban J connectivity index is 1.90. The third kappa shape index (κ3) is 3.46. The Hall–Kier alpha value is -3.10. The van der Waals surface area contributed by atoms with Crippen LogP contribution in [-0.2, 0) is 17.3 Å². The van der Waals surface area contributed by atoms with Crippen molar-refractivity contribution >= 4 is 12.2 Å². The molecule has 0 saturated carbocycles. The number of hydrogen-bond acceptors (Lipinski definition) is 4. The number of halogens is 3. The highest BCUT2D eigenvalue weighted by Crippen LogP contribution is 2.35. The number of pyridine rings is 1. The predicted molar refractivity (Wildman–Crippen MR) is 82.3 cm³/mol. The summed E-state index contributed by atoms with van der Waals surface area (Å²) in [5.41, 5.74) is 0.196. The zero-order valence-corrected chi connectivity index (χ0v) is 13.2. The maximum atomic E-state index is 12.7. The number of alkyl halides is 3. The molecule has 1 aromatic carbocycles. The molecule has 9 heteroatoms. The molecule has 1 aliphatic rings. The third-order valence-electron chi connectivity index (χ3n) is 4.07. The van der Waals surface area contributed by atoms with Crippen LogP contribution < -0.4 is 0 Å². The first-order valence-electron chi connectivity index (χ1n) is 7.56. The molecular weight excluding hydrogens is 353 g/mol. The number of nitrogens with zero attached hydrogens (tertiary/aromatic N) is 2. The van der Waals surface area contributed by atoms with E-state index in [9.17, 15) is 27.9 Å². The van der Waals surface area contributed by atoms with E-state index in [4.69, 9.17) is 4.74 Å². The first kappa shape index (κ1) is 17.7. The minimum atomic E-state index is -4.46. The number of imide groups is 1. The van der Waals surface area contributed by atoms with E-state index in [-0.39, 0.29) is 6.42 Å². The van der Waals surface area contributed by atoms with E-state index >= 15 is 0 Å². The Morgan fingerprint density at radius 2 is 1.77 bits per heavy atom. The summed E-state index contributed by atoms with van der Waals surface area (Å²) in [6.07, 6.45) is -4.87. The lowest BCUT2D eigenvalue weighted by atomic mass is 9.96. The fourth-order valence-corrected chi connectivity index (χ4v) is 2.85. The van der Waals surface area contributed by atoms with Gasteiger partial charge in [-0.1, -0.05) is 12.1 Å². The van der Waals surface area contributed by atoms with E-state index in [1.165, 1.54) is 24.5 Å². The van der Waals surface area contributed by atoms with E-state index < -0.39 is 36.1 Å². The normalized spacial score (nSPS) is 20.1. The van der Waals surface area contributed by atoms with E-state index in [2.05, 4.69) is 4.98 Å². The van der Waals surface area contributed by atoms with Crippen molar-refractivity contribution in [1.82, 2.24) is 9.88 Å². The number of hydrogen-bond donors (Lipinski definition) is 1. The number of carboxylic acid groups (broad SMARTS) is 1. The molecule has 2 atom stereocenters. The largest absolute Gasteiger partial charge is 0.465 e. The zero-order valence-electron chi connectivity index (χ0n) is 13.2. The fraction of sp³-hybridized carbons (Fsp3) is 0.235. The second-order valence-electron chi connectivity index (χ2n) is 5.70. The van der Waals surface area contributed by atoms with Crippen molar-refractivity contribution in [3.8, 4) is 0 Å². The van der Waals surface area contributed by atoms with Crippen molar-refractivity contribution < 1.29 is 32.6 Å². The van der Waals surface area contributed by atoms with Crippen LogP contribution in [0.1, 0.15) is 22.8 Å². The molecule has 1 aliphatic heterocycles. The summed E-state index contributed by atoms with van der Waals surface area (Å²) in [4.78, 5) is 27.8. The molecule has 0 spiro atoms. The lowest BCUT2D eigenvalue weighted by Crippen LogP contribution is -2.39. The molecule has 0 bridgehead atoms. The van der Waals surface area contributed by atoms with Crippen molar-refractivity contribution in [2.75, 3.05) is 0 Å². The van der Waals surface area contributed by atoms with Crippen molar-refractivity contribution in [2.45, 2.75) is 24.7 Å². The Kier molecular flexibility index (Phi) is 4.54. The highest BCUT2D eigenvalue weighted by atomic mass is 19.4. The molecular formula is C17H13F3N2O4. The van der Waals surface area contributed by atoms with Crippen molar-refractivity contribution in [2.24, 2.45) is 0 Å². The van der Waals surface area contributed by atoms with Gasteiger partial charge in [0.1, 0.15) is 0 Å². The number of aromatic nitrogens is 1. The van der Waals surface area contributed by atoms with Crippen LogP contribution in [0.2, 0.25) is 0 Å². The van der Waals surface area contributed by atoms with Gasteiger partial charge in [0.25, 0.3) is 0 Å². The number of amides is 2. The molecule has 1 aromatic heterocycles. The van der Waals surface area contributed by atoms with Crippen LogP contribution in [0.15, 0.2) is 48.8 Å². The summed E-state index contributed by atoms with van der Waals surface area (Å²) in [5.74, 6) is 0. The van der Waals surface area contributed by atoms with Gasteiger partial charge in [-0.05, 0) is 41.8 Å². The Labute approximate surface area is 145 Å². The quantitative estimate of drug-likeness (QED) is 0.892. The maximum Gasteiger partial charge on any atom is 0.420 e. The summed E-state index contributed by atoms with van der Waals surface area (Å²) in [7, 11) is 0. The molecule has 3 rings (SSSR count). The molecule has 1 N–H and O–H groups in total. The molecule has 2 heterocycles. The average Bonchev–Trinajstić information content (AvgIpc) is 2.91. The van der Waals surface area contributed by atoms with E-state index in [0.717, 1.165) is 12.1 Å². The number of cyclic esters (lactones) is 1. The van der Waals surface area contributed by atoms with Crippen LogP contribution in [-0.4, -0.2) is 33.2 Å². The van der Waals surface area contributed by atoms with Gasteiger partial charge in [-0.3, -0.25) is 4.98 Å². The van der Waals surface area contributed by atoms with Crippen LogP contribution in [0.3, 0.4) is 0 Å². The highest BCUT2D eigenvalue weighted by Gasteiger charge is 2.46. The second kappa shape index (κ2) is 6.66. The van der Waals surface area contributed by atoms with Crippen LogP contribution >= 0.6 is 0 Å². The number of ether oxygens (including phenoxy) is 1. The second-order valence-corrected chi connectivity index (χ2v) is 5.70. The molecule has 2 amide bonds. The van der Waals surface area contributed by atoms with Gasteiger partial charge in [-0.2, -0.15) is 13.2 Å². The molecule has 0 aliphatic carbocycles. The third-order valence-corrected chi connectivity index (χ3v) is 4.07. The Morgan fingerprint density at radius 3 is 2.31 bits per heavy atom. The standard InChI is InChI=1S/C17H13F3N2O4/c18-17(19,20)12-3-1-10(2-4-12)9-13-14(11-5-7-21-8-6-11)26-16(25)22(13)15(23)24/h1-8,13-14H,9H2,(H,23,24). The lowest BCUT2D eigenvalue weighted by molar-refractivity contribution is -0.137. The molecule has 0 radical (unpaired) electrons. The summed E-state index contributed by atoms with van der Waals surface area (Å²) in [6, 6.07) is 6.62. The summed E-state index contributed by atoms with van der Waals surface area (Å²) in [6.45, 7) is 0. The molecule has 2 unspecified atom stereocenters. The molecule has 1 fully saturated rings. The minimum Gasteiger partial charge on any atom is -0.465 e. The number of rotatable bonds is 3. The monoisotopic (exact) mass is 366 g/mol. The average molecular weight is 366 g/mol. The summed E-state index contributed by atoms with van der Waals surface area (Å²) >= 11 is 0. The van der Waals surface area contributed by atoms with Crippen LogP contribution in [0.4, 0.5) is 22.8 Å². The van der Waals surface area contributed by atoms with Crippen LogP contribution in [0.5, 0.6) is 0 Å². The van der Waals surface area contributed by atoms with E-state index in [0.29, 0.717) is 16.0 Å². The predicted octanol–water partition coefficient (Wildman–Crippen LogP) is 3.88. The minimum absolute atomic E-state index is 0.0170. The molecule has 26 heavy (non-hydrogen) atoms. The topological polar surface area (TPSA) is 79.7 Å². The van der Waals surface area contributed by atoms with E-state index in [1.807, 2.05) is 0 Å². The van der Waals surface area contributed by atoms with Crippen LogP contribution in [0, 0.1) is 0 Å². The van der Waals surface area contributed by atoms with Gasteiger partial charge in [0.2, 0.25) is 0 Å².